The molecule has 5 nitrogen and oxygen atoms in total. The second kappa shape index (κ2) is 7.13. The standard InChI is InChI=1S/C16H20BrNO4/c1-10(2)22-14-8-12(17)5-6-13(14)15(19)18-7-3-4-11(9-18)16(20)21/h5-6,8,10-11H,3-4,7,9H2,1-2H3,(H,20,21). The lowest BCUT2D eigenvalue weighted by molar-refractivity contribution is -0.143. The van der Waals surface area contributed by atoms with E-state index in [0.717, 1.165) is 4.47 Å². The SMILES string of the molecule is CC(C)Oc1cc(Br)ccc1C(=O)N1CCCC(C(=O)O)C1. The van der Waals surface area contributed by atoms with Gasteiger partial charge in [0.1, 0.15) is 5.75 Å². The molecule has 1 saturated heterocycles. The predicted molar refractivity (Wildman–Crippen MR) is 86.2 cm³/mol. The molecule has 22 heavy (non-hydrogen) atoms. The van der Waals surface area contributed by atoms with Crippen molar-refractivity contribution in [3.05, 3.63) is 28.2 Å². The number of ether oxygens (including phenoxy) is 1. The summed E-state index contributed by atoms with van der Waals surface area (Å²) in [5.74, 6) is -0.976. The molecule has 0 radical (unpaired) electrons. The zero-order valence-electron chi connectivity index (χ0n) is 12.7. The number of aliphatic carboxylic acids is 1. The molecule has 1 heterocycles. The Balaban J connectivity index is 2.23. The van der Waals surface area contributed by atoms with E-state index in [4.69, 9.17) is 9.84 Å². The minimum Gasteiger partial charge on any atom is -0.490 e. The third-order valence-electron chi connectivity index (χ3n) is 3.59. The van der Waals surface area contributed by atoms with Crippen LogP contribution in [-0.2, 0) is 4.79 Å². The van der Waals surface area contributed by atoms with Crippen LogP contribution in [0, 0.1) is 5.92 Å². The molecule has 1 fully saturated rings. The van der Waals surface area contributed by atoms with E-state index in [-0.39, 0.29) is 18.6 Å². The van der Waals surface area contributed by atoms with Crippen LogP contribution in [0.4, 0.5) is 0 Å². The lowest BCUT2D eigenvalue weighted by atomic mass is 9.97. The molecule has 2 rings (SSSR count). The minimum absolute atomic E-state index is 0.0472. The highest BCUT2D eigenvalue weighted by Gasteiger charge is 2.30. The Kier molecular flexibility index (Phi) is 5.45. The smallest absolute Gasteiger partial charge is 0.308 e. The van der Waals surface area contributed by atoms with E-state index >= 15 is 0 Å². The van der Waals surface area contributed by atoms with E-state index in [0.29, 0.717) is 30.7 Å². The maximum atomic E-state index is 12.7. The van der Waals surface area contributed by atoms with Crippen molar-refractivity contribution < 1.29 is 19.4 Å². The van der Waals surface area contributed by atoms with Gasteiger partial charge in [0.05, 0.1) is 17.6 Å². The van der Waals surface area contributed by atoms with Crippen LogP contribution < -0.4 is 4.74 Å². The van der Waals surface area contributed by atoms with Crippen LogP contribution >= 0.6 is 15.9 Å². The Morgan fingerprint density at radius 2 is 2.14 bits per heavy atom. The molecule has 1 aliphatic rings. The Morgan fingerprint density at radius 1 is 1.41 bits per heavy atom. The summed E-state index contributed by atoms with van der Waals surface area (Å²) in [4.78, 5) is 25.5. The molecule has 1 unspecified atom stereocenters. The van der Waals surface area contributed by atoms with Gasteiger partial charge >= 0.3 is 5.97 Å². The van der Waals surface area contributed by atoms with Crippen molar-refractivity contribution in [3.63, 3.8) is 0 Å². The van der Waals surface area contributed by atoms with Crippen LogP contribution in [0.3, 0.4) is 0 Å². The fraction of sp³-hybridized carbons (Fsp3) is 0.500. The van der Waals surface area contributed by atoms with E-state index < -0.39 is 11.9 Å². The van der Waals surface area contributed by atoms with Crippen molar-refractivity contribution in [2.24, 2.45) is 5.92 Å². The lowest BCUT2D eigenvalue weighted by Gasteiger charge is -2.31. The van der Waals surface area contributed by atoms with Gasteiger partial charge in [0.2, 0.25) is 0 Å². The third kappa shape index (κ3) is 4.00. The molecule has 0 spiro atoms. The summed E-state index contributed by atoms with van der Waals surface area (Å²) in [7, 11) is 0. The third-order valence-corrected chi connectivity index (χ3v) is 4.09. The first-order valence-corrected chi connectivity index (χ1v) is 8.16. The van der Waals surface area contributed by atoms with E-state index in [2.05, 4.69) is 15.9 Å². The second-order valence-electron chi connectivity index (χ2n) is 5.74. The summed E-state index contributed by atoms with van der Waals surface area (Å²) in [5, 5.41) is 9.15. The summed E-state index contributed by atoms with van der Waals surface area (Å²) >= 11 is 3.38. The highest BCUT2D eigenvalue weighted by Crippen LogP contribution is 2.28. The van der Waals surface area contributed by atoms with Gasteiger partial charge in [-0.15, -0.1) is 0 Å². The zero-order valence-corrected chi connectivity index (χ0v) is 14.3. The van der Waals surface area contributed by atoms with E-state index in [1.54, 1.807) is 23.1 Å². The fourth-order valence-corrected chi connectivity index (χ4v) is 2.90. The molecule has 1 aromatic carbocycles. The highest BCUT2D eigenvalue weighted by atomic mass is 79.9. The summed E-state index contributed by atoms with van der Waals surface area (Å²) in [6, 6.07) is 5.28. The molecule has 0 aliphatic carbocycles. The van der Waals surface area contributed by atoms with Crippen molar-refractivity contribution >= 4 is 27.8 Å². The monoisotopic (exact) mass is 369 g/mol. The molecule has 1 amide bonds. The Hall–Kier alpha value is -1.56. The number of benzene rings is 1. The molecule has 6 heteroatoms. The number of piperidine rings is 1. The van der Waals surface area contributed by atoms with Gasteiger partial charge in [-0.2, -0.15) is 0 Å². The van der Waals surface area contributed by atoms with Crippen molar-refractivity contribution in [2.75, 3.05) is 13.1 Å². The van der Waals surface area contributed by atoms with Crippen LogP contribution in [0.15, 0.2) is 22.7 Å². The molecule has 1 aliphatic heterocycles. The van der Waals surface area contributed by atoms with Gasteiger partial charge in [-0.3, -0.25) is 9.59 Å². The zero-order chi connectivity index (χ0) is 16.3. The lowest BCUT2D eigenvalue weighted by Crippen LogP contribution is -2.42. The van der Waals surface area contributed by atoms with Crippen molar-refractivity contribution in [3.8, 4) is 5.75 Å². The average Bonchev–Trinajstić information content (AvgIpc) is 2.46. The number of carboxylic acids is 1. The topological polar surface area (TPSA) is 66.8 Å². The number of amides is 1. The second-order valence-corrected chi connectivity index (χ2v) is 6.65. The molecule has 0 bridgehead atoms. The average molecular weight is 370 g/mol. The van der Waals surface area contributed by atoms with Crippen LogP contribution in [0.5, 0.6) is 5.75 Å². The van der Waals surface area contributed by atoms with E-state index in [1.165, 1.54) is 0 Å². The number of likely N-dealkylation sites (tertiary alicyclic amines) is 1. The van der Waals surface area contributed by atoms with Crippen LogP contribution in [0.1, 0.15) is 37.0 Å². The summed E-state index contributed by atoms with van der Waals surface area (Å²) in [6.45, 7) is 4.64. The van der Waals surface area contributed by atoms with Gasteiger partial charge in [-0.1, -0.05) is 15.9 Å². The molecule has 120 valence electrons. The van der Waals surface area contributed by atoms with Gasteiger partial charge in [0.15, 0.2) is 0 Å². The number of carbonyl (C=O) groups is 2. The number of nitrogens with zero attached hydrogens (tertiary/aromatic N) is 1. The number of carboxylic acid groups (broad SMARTS) is 1. The van der Waals surface area contributed by atoms with Crippen LogP contribution in [-0.4, -0.2) is 41.1 Å². The molecular weight excluding hydrogens is 350 g/mol. The minimum atomic E-state index is -0.841. The normalized spacial score (nSPS) is 18.4. The molecule has 1 aromatic rings. The molecule has 0 aromatic heterocycles. The Bertz CT molecular complexity index is 573. The first-order valence-electron chi connectivity index (χ1n) is 7.36. The maximum absolute atomic E-state index is 12.7. The van der Waals surface area contributed by atoms with Gasteiger partial charge in [-0.05, 0) is 44.9 Å². The van der Waals surface area contributed by atoms with E-state index in [9.17, 15) is 9.59 Å². The van der Waals surface area contributed by atoms with Crippen molar-refractivity contribution in [1.82, 2.24) is 4.90 Å². The quantitative estimate of drug-likeness (QED) is 0.884. The van der Waals surface area contributed by atoms with Gasteiger partial charge in [0, 0.05) is 17.6 Å². The van der Waals surface area contributed by atoms with Crippen LogP contribution in [0.25, 0.3) is 0 Å². The largest absolute Gasteiger partial charge is 0.490 e. The molecule has 1 atom stereocenters. The Labute approximate surface area is 138 Å². The number of hydrogen-bond acceptors (Lipinski definition) is 3. The van der Waals surface area contributed by atoms with Gasteiger partial charge in [0.25, 0.3) is 5.91 Å². The fourth-order valence-electron chi connectivity index (χ4n) is 2.56. The summed E-state index contributed by atoms with van der Waals surface area (Å²) in [6.07, 6.45) is 1.28. The van der Waals surface area contributed by atoms with Gasteiger partial charge < -0.3 is 14.7 Å². The number of halogens is 1. The number of rotatable bonds is 4. The van der Waals surface area contributed by atoms with Crippen LogP contribution in [0.2, 0.25) is 0 Å². The van der Waals surface area contributed by atoms with Crippen molar-refractivity contribution in [2.45, 2.75) is 32.8 Å². The maximum Gasteiger partial charge on any atom is 0.308 e. The summed E-state index contributed by atoms with van der Waals surface area (Å²) < 4.78 is 6.55. The highest BCUT2D eigenvalue weighted by molar-refractivity contribution is 9.10. The molecule has 0 saturated carbocycles. The van der Waals surface area contributed by atoms with Gasteiger partial charge in [-0.25, -0.2) is 0 Å². The predicted octanol–water partition coefficient (Wildman–Crippen LogP) is 3.17. The Morgan fingerprint density at radius 3 is 2.77 bits per heavy atom. The summed E-state index contributed by atoms with van der Waals surface area (Å²) in [5.41, 5.74) is 0.475. The number of carbonyl (C=O) groups excluding carboxylic acids is 1. The molecule has 1 N–H and O–H groups in total. The first-order chi connectivity index (χ1) is 10.4. The van der Waals surface area contributed by atoms with E-state index in [1.807, 2.05) is 13.8 Å². The molecular formula is C16H20BrNO4. The number of hydrogen-bond donors (Lipinski definition) is 1. The first kappa shape index (κ1) is 16.8. The van der Waals surface area contributed by atoms with Crippen molar-refractivity contribution in [1.29, 1.82) is 0 Å².